The van der Waals surface area contributed by atoms with Crippen LogP contribution in [0.3, 0.4) is 0 Å². The van der Waals surface area contributed by atoms with E-state index in [0.717, 1.165) is 64.0 Å². The Balaban J connectivity index is 1.33. The lowest BCUT2D eigenvalue weighted by molar-refractivity contribution is -0.128. The number of nitrogens with zero attached hydrogens (tertiary/aromatic N) is 5. The summed E-state index contributed by atoms with van der Waals surface area (Å²) in [7, 11) is 1.96. The highest BCUT2D eigenvalue weighted by Crippen LogP contribution is 2.39. The van der Waals surface area contributed by atoms with Crippen LogP contribution in [-0.4, -0.2) is 70.7 Å². The van der Waals surface area contributed by atoms with E-state index >= 15 is 0 Å². The van der Waals surface area contributed by atoms with Gasteiger partial charge in [-0.25, -0.2) is 5.43 Å². The number of hydrogen-bond donors (Lipinski definition) is 1. The van der Waals surface area contributed by atoms with Gasteiger partial charge in [0.2, 0.25) is 5.91 Å². The minimum Gasteiger partial charge on any atom is -0.381 e. The number of hydrogen-bond acceptors (Lipinski definition) is 6. The zero-order chi connectivity index (χ0) is 23.2. The van der Waals surface area contributed by atoms with Crippen molar-refractivity contribution < 1.29 is 9.53 Å². The number of ether oxygens (including phenoxy) is 1. The lowest BCUT2D eigenvalue weighted by atomic mass is 9.95. The van der Waals surface area contributed by atoms with Gasteiger partial charge in [0, 0.05) is 88.0 Å². The number of benzene rings is 1. The fraction of sp³-hybridized carbons (Fsp3) is 0.538. The molecule has 0 saturated carbocycles. The average molecular weight is 463 g/mol. The molecule has 8 nitrogen and oxygen atoms in total. The molecule has 180 valence electrons. The minimum absolute atomic E-state index is 0.0864. The van der Waals surface area contributed by atoms with Crippen molar-refractivity contribution in [1.29, 1.82) is 0 Å². The Kier molecular flexibility index (Phi) is 5.57. The second kappa shape index (κ2) is 8.74. The minimum atomic E-state index is 0.0864. The number of carbonyl (C=O) groups excluding carboxylic acids is 1. The lowest BCUT2D eigenvalue weighted by Crippen LogP contribution is -2.53. The molecule has 8 heteroatoms. The van der Waals surface area contributed by atoms with E-state index in [-0.39, 0.29) is 12.1 Å². The van der Waals surface area contributed by atoms with Crippen LogP contribution in [0.25, 0.3) is 11.1 Å². The summed E-state index contributed by atoms with van der Waals surface area (Å²) in [5.74, 6) is 0.162. The maximum Gasteiger partial charge on any atom is 0.219 e. The van der Waals surface area contributed by atoms with Crippen molar-refractivity contribution in [2.75, 3.05) is 37.7 Å². The molecule has 0 aliphatic carbocycles. The Morgan fingerprint density at radius 2 is 2.00 bits per heavy atom. The highest BCUT2D eigenvalue weighted by atomic mass is 16.5. The average Bonchev–Trinajstić information content (AvgIpc) is 3.47. The molecular formula is C26H34N6O2. The number of fused-ring (bicyclic) bond motifs is 1. The molecule has 1 N–H and O–H groups in total. The number of carbonyl (C=O) groups is 1. The third kappa shape index (κ3) is 3.79. The van der Waals surface area contributed by atoms with Gasteiger partial charge in [-0.05, 0) is 48.9 Å². The molecule has 34 heavy (non-hydrogen) atoms. The summed E-state index contributed by atoms with van der Waals surface area (Å²) < 4.78 is 7.50. The largest absolute Gasteiger partial charge is 0.381 e. The van der Waals surface area contributed by atoms with Gasteiger partial charge >= 0.3 is 0 Å². The van der Waals surface area contributed by atoms with E-state index < -0.39 is 0 Å². The standard InChI is InChI=1S/C26H34N6O2/c1-18(33)30-11-7-25-23(17-30)26(28-32(25)22-8-12-34-13-9-22)31-10-3-4-20-14-19(5-6-24(20)31)21-15-27-29(2)16-21/h5-6,14-16,22,26,28H,3-4,7-13,17H2,1-2H3. The molecule has 1 aromatic heterocycles. The van der Waals surface area contributed by atoms with Crippen LogP contribution in [0, 0.1) is 0 Å². The second-order valence-corrected chi connectivity index (χ2v) is 9.95. The van der Waals surface area contributed by atoms with Crippen molar-refractivity contribution >= 4 is 11.6 Å². The first-order valence-electron chi connectivity index (χ1n) is 12.6. The van der Waals surface area contributed by atoms with Gasteiger partial charge in [0.05, 0.1) is 6.20 Å². The third-order valence-electron chi connectivity index (χ3n) is 7.82. The quantitative estimate of drug-likeness (QED) is 0.757. The SMILES string of the molecule is CC(=O)N1CCC2=C(C1)C(N1CCCc3cc(-c4cnn(C)c4)ccc31)NN2C1CCOCC1. The molecule has 1 amide bonds. The summed E-state index contributed by atoms with van der Waals surface area (Å²) >= 11 is 0. The van der Waals surface area contributed by atoms with Crippen LogP contribution in [0.4, 0.5) is 5.69 Å². The zero-order valence-electron chi connectivity index (χ0n) is 20.2. The van der Waals surface area contributed by atoms with Crippen LogP contribution in [0.1, 0.15) is 38.2 Å². The fourth-order valence-corrected chi connectivity index (χ4v) is 6.02. The van der Waals surface area contributed by atoms with E-state index in [1.807, 2.05) is 22.8 Å². The highest BCUT2D eigenvalue weighted by Gasteiger charge is 2.42. The first-order chi connectivity index (χ1) is 16.6. The van der Waals surface area contributed by atoms with Gasteiger partial charge in [-0.2, -0.15) is 5.10 Å². The van der Waals surface area contributed by atoms with Gasteiger partial charge in [0.15, 0.2) is 0 Å². The number of rotatable bonds is 3. The molecule has 1 unspecified atom stereocenters. The van der Waals surface area contributed by atoms with E-state index in [1.165, 1.54) is 28.1 Å². The highest BCUT2D eigenvalue weighted by molar-refractivity contribution is 5.74. The predicted molar refractivity (Wildman–Crippen MR) is 131 cm³/mol. The molecule has 4 aliphatic rings. The number of aryl methyl sites for hydroxylation is 2. The summed E-state index contributed by atoms with van der Waals surface area (Å²) in [6, 6.07) is 7.28. The van der Waals surface area contributed by atoms with E-state index in [4.69, 9.17) is 4.74 Å². The smallest absolute Gasteiger partial charge is 0.219 e. The van der Waals surface area contributed by atoms with Gasteiger partial charge in [-0.15, -0.1) is 0 Å². The van der Waals surface area contributed by atoms with E-state index in [2.05, 4.69) is 44.8 Å². The molecule has 1 saturated heterocycles. The van der Waals surface area contributed by atoms with Crippen molar-refractivity contribution in [3.8, 4) is 11.1 Å². The number of hydrazine groups is 1. The van der Waals surface area contributed by atoms with Crippen LogP contribution in [-0.2, 0) is 23.0 Å². The van der Waals surface area contributed by atoms with Gasteiger partial charge in [0.25, 0.3) is 0 Å². The van der Waals surface area contributed by atoms with Crippen molar-refractivity contribution in [1.82, 2.24) is 25.1 Å². The molecule has 2 aromatic rings. The van der Waals surface area contributed by atoms with E-state index in [9.17, 15) is 4.79 Å². The Morgan fingerprint density at radius 1 is 1.15 bits per heavy atom. The molecule has 5 heterocycles. The maximum absolute atomic E-state index is 12.3. The normalized spacial score (nSPS) is 23.4. The number of anilines is 1. The topological polar surface area (TPSA) is 65.9 Å². The van der Waals surface area contributed by atoms with Crippen LogP contribution in [0.15, 0.2) is 41.9 Å². The maximum atomic E-state index is 12.3. The molecule has 0 bridgehead atoms. The predicted octanol–water partition coefficient (Wildman–Crippen LogP) is 2.67. The fourth-order valence-electron chi connectivity index (χ4n) is 6.02. The van der Waals surface area contributed by atoms with Gasteiger partial charge in [0.1, 0.15) is 6.17 Å². The van der Waals surface area contributed by atoms with E-state index in [0.29, 0.717) is 12.6 Å². The van der Waals surface area contributed by atoms with Crippen LogP contribution in [0.5, 0.6) is 0 Å². The molecule has 1 atom stereocenters. The first kappa shape index (κ1) is 21.7. The van der Waals surface area contributed by atoms with Crippen molar-refractivity contribution in [2.45, 2.75) is 51.2 Å². The third-order valence-corrected chi connectivity index (χ3v) is 7.82. The monoisotopic (exact) mass is 462 g/mol. The number of amides is 1. The molecule has 0 spiro atoms. The molecule has 4 aliphatic heterocycles. The van der Waals surface area contributed by atoms with Crippen LogP contribution < -0.4 is 10.3 Å². The Morgan fingerprint density at radius 3 is 2.76 bits per heavy atom. The summed E-state index contributed by atoms with van der Waals surface area (Å²) in [5.41, 5.74) is 11.7. The van der Waals surface area contributed by atoms with Crippen molar-refractivity contribution in [2.24, 2.45) is 7.05 Å². The van der Waals surface area contributed by atoms with Crippen molar-refractivity contribution in [3.05, 3.63) is 47.4 Å². The van der Waals surface area contributed by atoms with E-state index in [1.54, 1.807) is 6.92 Å². The van der Waals surface area contributed by atoms with Crippen LogP contribution >= 0.6 is 0 Å². The Labute approximate surface area is 201 Å². The van der Waals surface area contributed by atoms with Crippen molar-refractivity contribution in [3.63, 3.8) is 0 Å². The number of aromatic nitrogens is 2. The first-order valence-corrected chi connectivity index (χ1v) is 12.6. The summed E-state index contributed by atoms with van der Waals surface area (Å²) in [6.07, 6.45) is 9.29. The molecule has 0 radical (unpaired) electrons. The van der Waals surface area contributed by atoms with Crippen LogP contribution in [0.2, 0.25) is 0 Å². The Hall–Kier alpha value is -2.84. The summed E-state index contributed by atoms with van der Waals surface area (Å²) in [6.45, 7) is 5.85. The lowest BCUT2D eigenvalue weighted by Gasteiger charge is -2.40. The zero-order valence-corrected chi connectivity index (χ0v) is 20.2. The summed E-state index contributed by atoms with van der Waals surface area (Å²) in [5, 5.41) is 6.79. The summed E-state index contributed by atoms with van der Waals surface area (Å²) in [4.78, 5) is 16.8. The Bertz CT molecular complexity index is 1120. The molecule has 1 aromatic carbocycles. The number of nitrogens with one attached hydrogen (secondary N) is 1. The van der Waals surface area contributed by atoms with Gasteiger partial charge < -0.3 is 19.5 Å². The molecule has 6 rings (SSSR count). The molecule has 1 fully saturated rings. The molecular weight excluding hydrogens is 428 g/mol. The van der Waals surface area contributed by atoms with Gasteiger partial charge in [-0.1, -0.05) is 6.07 Å². The van der Waals surface area contributed by atoms with Gasteiger partial charge in [-0.3, -0.25) is 9.48 Å². The second-order valence-electron chi connectivity index (χ2n) is 9.95.